The van der Waals surface area contributed by atoms with Crippen LogP contribution in [0.3, 0.4) is 0 Å². The molecular weight excluding hydrogens is 262 g/mol. The number of carbonyl (C=O) groups is 1. The van der Waals surface area contributed by atoms with E-state index in [-0.39, 0.29) is 17.3 Å². The zero-order chi connectivity index (χ0) is 15.1. The van der Waals surface area contributed by atoms with E-state index in [1.807, 2.05) is 6.92 Å². The van der Waals surface area contributed by atoms with Gasteiger partial charge in [0.25, 0.3) is 11.6 Å². The third kappa shape index (κ3) is 3.45. The van der Waals surface area contributed by atoms with E-state index >= 15 is 0 Å². The van der Waals surface area contributed by atoms with Crippen molar-refractivity contribution in [2.75, 3.05) is 39.2 Å². The molecule has 0 aliphatic rings. The number of para-hydroxylation sites is 1. The summed E-state index contributed by atoms with van der Waals surface area (Å²) in [5, 5.41) is 13.7. The average Bonchev–Trinajstić information content (AvgIpc) is 2.46. The van der Waals surface area contributed by atoms with Crippen molar-refractivity contribution in [1.82, 2.24) is 4.90 Å². The van der Waals surface area contributed by atoms with E-state index in [0.29, 0.717) is 25.3 Å². The molecule has 0 aliphatic heterocycles. The van der Waals surface area contributed by atoms with Crippen molar-refractivity contribution in [3.05, 3.63) is 33.9 Å². The lowest BCUT2D eigenvalue weighted by molar-refractivity contribution is -0.384. The number of nitrogens with zero attached hydrogens (tertiary/aromatic N) is 2. The molecular formula is C13H19N3O4. The van der Waals surface area contributed by atoms with Gasteiger partial charge in [-0.25, -0.2) is 0 Å². The number of carbonyl (C=O) groups excluding carboxylic acids is 1. The molecule has 1 amide bonds. The highest BCUT2D eigenvalue weighted by Gasteiger charge is 2.23. The fourth-order valence-electron chi connectivity index (χ4n) is 1.91. The minimum atomic E-state index is -0.506. The first kappa shape index (κ1) is 15.9. The number of anilines is 1. The lowest BCUT2D eigenvalue weighted by Crippen LogP contribution is -2.34. The molecule has 0 unspecified atom stereocenters. The summed E-state index contributed by atoms with van der Waals surface area (Å²) in [5.41, 5.74) is 0.416. The topological polar surface area (TPSA) is 84.7 Å². The Bertz CT molecular complexity index is 491. The van der Waals surface area contributed by atoms with E-state index in [0.717, 1.165) is 0 Å². The van der Waals surface area contributed by atoms with Gasteiger partial charge in [-0.15, -0.1) is 0 Å². The fourth-order valence-corrected chi connectivity index (χ4v) is 1.91. The molecule has 7 heteroatoms. The van der Waals surface area contributed by atoms with Gasteiger partial charge in [0.05, 0.1) is 17.1 Å². The Morgan fingerprint density at radius 3 is 2.70 bits per heavy atom. The van der Waals surface area contributed by atoms with E-state index in [4.69, 9.17) is 4.74 Å². The Morgan fingerprint density at radius 2 is 2.20 bits per heavy atom. The normalized spacial score (nSPS) is 10.2. The maximum atomic E-state index is 12.4. The molecule has 1 rings (SSSR count). The summed E-state index contributed by atoms with van der Waals surface area (Å²) < 4.78 is 4.96. The summed E-state index contributed by atoms with van der Waals surface area (Å²) in [6, 6.07) is 4.46. The van der Waals surface area contributed by atoms with E-state index in [1.54, 1.807) is 25.1 Å². The first-order valence-corrected chi connectivity index (χ1v) is 6.30. The standard InChI is InChI=1S/C13H19N3O4/c1-4-15(8-9-20-3)13(17)10-6-5-7-11(16(18)19)12(10)14-2/h5-7,14H,4,8-9H2,1-3H3. The predicted molar refractivity (Wildman–Crippen MR) is 76.1 cm³/mol. The Kier molecular flexibility index (Phi) is 5.92. The van der Waals surface area contributed by atoms with Crippen molar-refractivity contribution in [3.8, 4) is 0 Å². The molecule has 0 saturated heterocycles. The van der Waals surface area contributed by atoms with E-state index in [2.05, 4.69) is 5.32 Å². The fraction of sp³-hybridized carbons (Fsp3) is 0.462. The van der Waals surface area contributed by atoms with Gasteiger partial charge in [0.15, 0.2) is 0 Å². The van der Waals surface area contributed by atoms with Crippen LogP contribution in [0.1, 0.15) is 17.3 Å². The summed E-state index contributed by atoms with van der Waals surface area (Å²) in [7, 11) is 3.12. The molecule has 110 valence electrons. The molecule has 1 aromatic rings. The number of ether oxygens (including phenoxy) is 1. The number of nitro groups is 1. The number of likely N-dealkylation sites (N-methyl/N-ethyl adjacent to an activating group) is 1. The third-order valence-electron chi connectivity index (χ3n) is 2.95. The van der Waals surface area contributed by atoms with Crippen molar-refractivity contribution in [1.29, 1.82) is 0 Å². The van der Waals surface area contributed by atoms with Gasteiger partial charge < -0.3 is 15.0 Å². The third-order valence-corrected chi connectivity index (χ3v) is 2.95. The Morgan fingerprint density at radius 1 is 1.50 bits per heavy atom. The summed E-state index contributed by atoms with van der Waals surface area (Å²) in [6.07, 6.45) is 0. The number of hydrogen-bond acceptors (Lipinski definition) is 5. The maximum Gasteiger partial charge on any atom is 0.293 e. The summed E-state index contributed by atoms with van der Waals surface area (Å²) in [4.78, 5) is 24.5. The van der Waals surface area contributed by atoms with Gasteiger partial charge >= 0.3 is 0 Å². The van der Waals surface area contributed by atoms with Crippen LogP contribution in [-0.4, -0.2) is 49.6 Å². The van der Waals surface area contributed by atoms with Crippen LogP contribution >= 0.6 is 0 Å². The molecule has 0 saturated carbocycles. The van der Waals surface area contributed by atoms with Gasteiger partial charge in [0, 0.05) is 33.3 Å². The van der Waals surface area contributed by atoms with Gasteiger partial charge in [-0.1, -0.05) is 6.07 Å². The number of benzene rings is 1. The van der Waals surface area contributed by atoms with Crippen LogP contribution in [-0.2, 0) is 4.74 Å². The van der Waals surface area contributed by atoms with Gasteiger partial charge in [-0.05, 0) is 13.0 Å². The van der Waals surface area contributed by atoms with Crippen LogP contribution in [0.4, 0.5) is 11.4 Å². The van der Waals surface area contributed by atoms with Crippen LogP contribution in [0, 0.1) is 10.1 Å². The van der Waals surface area contributed by atoms with Gasteiger partial charge in [-0.3, -0.25) is 14.9 Å². The monoisotopic (exact) mass is 281 g/mol. The Balaban J connectivity index is 3.14. The van der Waals surface area contributed by atoms with Crippen molar-refractivity contribution in [3.63, 3.8) is 0 Å². The van der Waals surface area contributed by atoms with Crippen molar-refractivity contribution < 1.29 is 14.5 Å². The lowest BCUT2D eigenvalue weighted by Gasteiger charge is -2.21. The average molecular weight is 281 g/mol. The summed E-state index contributed by atoms with van der Waals surface area (Å²) in [6.45, 7) is 3.22. The second-order valence-electron chi connectivity index (χ2n) is 4.08. The number of methoxy groups -OCH3 is 1. The number of nitro benzene ring substituents is 1. The molecule has 0 atom stereocenters. The second kappa shape index (κ2) is 7.44. The van der Waals surface area contributed by atoms with E-state index in [9.17, 15) is 14.9 Å². The van der Waals surface area contributed by atoms with Gasteiger partial charge in [0.2, 0.25) is 0 Å². The smallest absolute Gasteiger partial charge is 0.293 e. The highest BCUT2D eigenvalue weighted by molar-refractivity contribution is 6.01. The summed E-state index contributed by atoms with van der Waals surface area (Å²) >= 11 is 0. The first-order valence-electron chi connectivity index (χ1n) is 6.30. The molecule has 0 bridgehead atoms. The largest absolute Gasteiger partial charge is 0.383 e. The molecule has 0 fully saturated rings. The molecule has 20 heavy (non-hydrogen) atoms. The molecule has 0 aliphatic carbocycles. The van der Waals surface area contributed by atoms with Crippen molar-refractivity contribution in [2.24, 2.45) is 0 Å². The zero-order valence-corrected chi connectivity index (χ0v) is 11.9. The van der Waals surface area contributed by atoms with Gasteiger partial charge in [-0.2, -0.15) is 0 Å². The molecule has 7 nitrogen and oxygen atoms in total. The van der Waals surface area contributed by atoms with Crippen LogP contribution < -0.4 is 5.32 Å². The van der Waals surface area contributed by atoms with Crippen LogP contribution in [0.25, 0.3) is 0 Å². The highest BCUT2D eigenvalue weighted by Crippen LogP contribution is 2.28. The second-order valence-corrected chi connectivity index (χ2v) is 4.08. The van der Waals surface area contributed by atoms with E-state index < -0.39 is 4.92 Å². The summed E-state index contributed by atoms with van der Waals surface area (Å²) in [5.74, 6) is -0.252. The van der Waals surface area contributed by atoms with Crippen LogP contribution in [0.15, 0.2) is 18.2 Å². The molecule has 0 heterocycles. The number of nitrogens with one attached hydrogen (secondary N) is 1. The lowest BCUT2D eigenvalue weighted by atomic mass is 10.1. The molecule has 1 N–H and O–H groups in total. The highest BCUT2D eigenvalue weighted by atomic mass is 16.6. The van der Waals surface area contributed by atoms with E-state index in [1.165, 1.54) is 12.1 Å². The zero-order valence-electron chi connectivity index (χ0n) is 11.9. The Hall–Kier alpha value is -2.15. The molecule has 0 aromatic heterocycles. The molecule has 0 radical (unpaired) electrons. The predicted octanol–water partition coefficient (Wildman–Crippen LogP) is 1.75. The number of hydrogen-bond donors (Lipinski definition) is 1. The Labute approximate surface area is 117 Å². The van der Waals surface area contributed by atoms with Crippen molar-refractivity contribution >= 4 is 17.3 Å². The number of amides is 1. The number of rotatable bonds is 7. The minimum absolute atomic E-state index is 0.110. The maximum absolute atomic E-state index is 12.4. The van der Waals surface area contributed by atoms with Crippen LogP contribution in [0.5, 0.6) is 0 Å². The minimum Gasteiger partial charge on any atom is -0.383 e. The SMILES string of the molecule is CCN(CCOC)C(=O)c1cccc([N+](=O)[O-])c1NC. The first-order chi connectivity index (χ1) is 9.56. The van der Waals surface area contributed by atoms with Crippen molar-refractivity contribution in [2.45, 2.75) is 6.92 Å². The van der Waals surface area contributed by atoms with Crippen LogP contribution in [0.2, 0.25) is 0 Å². The molecule has 1 aromatic carbocycles. The quantitative estimate of drug-likeness (QED) is 0.608. The van der Waals surface area contributed by atoms with Gasteiger partial charge in [0.1, 0.15) is 5.69 Å². The molecule has 0 spiro atoms.